The SMILES string of the molecule is CC(C)SCCC(=O)CCC#Cc1ccc(C(=O)C(C)C)cc1. The summed E-state index contributed by atoms with van der Waals surface area (Å²) in [6, 6.07) is 7.37. The van der Waals surface area contributed by atoms with Crippen molar-refractivity contribution in [2.24, 2.45) is 5.92 Å². The van der Waals surface area contributed by atoms with E-state index in [2.05, 4.69) is 25.7 Å². The van der Waals surface area contributed by atoms with Crippen molar-refractivity contribution in [2.75, 3.05) is 5.75 Å². The molecule has 0 aromatic heterocycles. The third kappa shape index (κ3) is 8.04. The first-order chi connectivity index (χ1) is 10.9. The van der Waals surface area contributed by atoms with Gasteiger partial charge in [0.1, 0.15) is 5.78 Å². The minimum atomic E-state index is 0.00630. The molecule has 0 unspecified atom stereocenters. The summed E-state index contributed by atoms with van der Waals surface area (Å²) in [6.07, 6.45) is 1.75. The fourth-order valence-corrected chi connectivity index (χ4v) is 2.77. The molecule has 0 amide bonds. The Hall–Kier alpha value is -1.53. The zero-order chi connectivity index (χ0) is 17.2. The van der Waals surface area contributed by atoms with Crippen molar-refractivity contribution in [1.82, 2.24) is 0 Å². The zero-order valence-electron chi connectivity index (χ0n) is 14.5. The third-order valence-electron chi connectivity index (χ3n) is 3.29. The van der Waals surface area contributed by atoms with Gasteiger partial charge in [-0.1, -0.05) is 51.7 Å². The largest absolute Gasteiger partial charge is 0.300 e. The highest BCUT2D eigenvalue weighted by Gasteiger charge is 2.09. The van der Waals surface area contributed by atoms with E-state index < -0.39 is 0 Å². The molecule has 0 saturated heterocycles. The van der Waals surface area contributed by atoms with Crippen LogP contribution in [0.1, 0.15) is 62.9 Å². The Morgan fingerprint density at radius 2 is 1.70 bits per heavy atom. The number of thioether (sulfide) groups is 1. The van der Waals surface area contributed by atoms with Gasteiger partial charge in [-0.15, -0.1) is 0 Å². The second-order valence-corrected chi connectivity index (χ2v) is 7.79. The monoisotopic (exact) mass is 330 g/mol. The highest BCUT2D eigenvalue weighted by molar-refractivity contribution is 7.99. The summed E-state index contributed by atoms with van der Waals surface area (Å²) in [7, 11) is 0. The van der Waals surface area contributed by atoms with Crippen molar-refractivity contribution in [2.45, 2.75) is 52.2 Å². The van der Waals surface area contributed by atoms with Gasteiger partial charge in [-0.3, -0.25) is 9.59 Å². The predicted molar refractivity (Wildman–Crippen MR) is 98.9 cm³/mol. The normalized spacial score (nSPS) is 10.5. The molecule has 0 atom stereocenters. The Morgan fingerprint density at radius 3 is 2.26 bits per heavy atom. The summed E-state index contributed by atoms with van der Waals surface area (Å²) < 4.78 is 0. The summed E-state index contributed by atoms with van der Waals surface area (Å²) in [4.78, 5) is 23.5. The maximum Gasteiger partial charge on any atom is 0.165 e. The van der Waals surface area contributed by atoms with E-state index in [0.717, 1.165) is 16.9 Å². The predicted octanol–water partition coefficient (Wildman–Crippen LogP) is 4.76. The van der Waals surface area contributed by atoms with Crippen LogP contribution < -0.4 is 0 Å². The molecule has 1 aromatic carbocycles. The van der Waals surface area contributed by atoms with Gasteiger partial charge < -0.3 is 0 Å². The Morgan fingerprint density at radius 1 is 1.04 bits per heavy atom. The molecule has 3 heteroatoms. The molecule has 0 heterocycles. The van der Waals surface area contributed by atoms with Gasteiger partial charge in [0, 0.05) is 42.1 Å². The van der Waals surface area contributed by atoms with Crippen LogP contribution in [0, 0.1) is 17.8 Å². The molecule has 0 aliphatic carbocycles. The van der Waals surface area contributed by atoms with Crippen LogP contribution in [0.5, 0.6) is 0 Å². The van der Waals surface area contributed by atoms with Crippen molar-refractivity contribution in [3.8, 4) is 11.8 Å². The van der Waals surface area contributed by atoms with Crippen molar-refractivity contribution in [1.29, 1.82) is 0 Å². The summed E-state index contributed by atoms with van der Waals surface area (Å²) in [5, 5.41) is 0.577. The first-order valence-electron chi connectivity index (χ1n) is 8.16. The summed E-state index contributed by atoms with van der Waals surface area (Å²) >= 11 is 1.82. The number of carbonyl (C=O) groups is 2. The van der Waals surface area contributed by atoms with Crippen molar-refractivity contribution >= 4 is 23.3 Å². The van der Waals surface area contributed by atoms with Crippen molar-refractivity contribution in [3.63, 3.8) is 0 Å². The highest BCUT2D eigenvalue weighted by atomic mass is 32.2. The first kappa shape index (κ1) is 19.5. The van der Waals surface area contributed by atoms with E-state index in [1.807, 2.05) is 49.9 Å². The van der Waals surface area contributed by atoms with Gasteiger partial charge in [-0.25, -0.2) is 0 Å². The van der Waals surface area contributed by atoms with E-state index in [0.29, 0.717) is 24.5 Å². The molecular formula is C20H26O2S. The number of hydrogen-bond donors (Lipinski definition) is 0. The van der Waals surface area contributed by atoms with Crippen LogP contribution >= 0.6 is 11.8 Å². The van der Waals surface area contributed by atoms with Gasteiger partial charge in [0.25, 0.3) is 0 Å². The number of carbonyl (C=O) groups excluding carboxylic acids is 2. The van der Waals surface area contributed by atoms with Gasteiger partial charge in [0.2, 0.25) is 0 Å². The number of hydrogen-bond acceptors (Lipinski definition) is 3. The Labute approximate surface area is 144 Å². The maximum atomic E-state index is 11.8. The van der Waals surface area contributed by atoms with Gasteiger partial charge in [0.15, 0.2) is 5.78 Å². The third-order valence-corrected chi connectivity index (χ3v) is 4.39. The summed E-state index contributed by atoms with van der Waals surface area (Å²) in [5.74, 6) is 7.43. The second kappa shape index (κ2) is 10.3. The Kier molecular flexibility index (Phi) is 8.73. The molecule has 23 heavy (non-hydrogen) atoms. The molecule has 0 aliphatic heterocycles. The van der Waals surface area contributed by atoms with E-state index >= 15 is 0 Å². The molecule has 0 radical (unpaired) electrons. The lowest BCUT2D eigenvalue weighted by molar-refractivity contribution is -0.118. The van der Waals surface area contributed by atoms with Crippen LogP contribution in [0.25, 0.3) is 0 Å². The zero-order valence-corrected chi connectivity index (χ0v) is 15.3. The minimum Gasteiger partial charge on any atom is -0.300 e. The standard InChI is InChI=1S/C20H26O2S/c1-15(2)20(22)18-11-9-17(10-12-18)7-5-6-8-19(21)13-14-23-16(3)4/h9-12,15-16H,6,8,13-14H2,1-4H3. The lowest BCUT2D eigenvalue weighted by Gasteiger charge is -2.03. The molecule has 0 aliphatic rings. The molecule has 0 N–H and O–H groups in total. The minimum absolute atomic E-state index is 0.00630. The van der Waals surface area contributed by atoms with Crippen LogP contribution in [0.2, 0.25) is 0 Å². The van der Waals surface area contributed by atoms with Crippen LogP contribution in [0.15, 0.2) is 24.3 Å². The fraction of sp³-hybridized carbons (Fsp3) is 0.500. The fourth-order valence-electron chi connectivity index (χ4n) is 1.95. The van der Waals surface area contributed by atoms with Gasteiger partial charge in [0.05, 0.1) is 0 Å². The van der Waals surface area contributed by atoms with E-state index in [4.69, 9.17) is 0 Å². The quantitative estimate of drug-likeness (QED) is 0.509. The number of benzene rings is 1. The van der Waals surface area contributed by atoms with Gasteiger partial charge in [-0.05, 0) is 17.4 Å². The highest BCUT2D eigenvalue weighted by Crippen LogP contribution is 2.12. The lowest BCUT2D eigenvalue weighted by atomic mass is 10.0. The first-order valence-corrected chi connectivity index (χ1v) is 9.21. The van der Waals surface area contributed by atoms with Crippen LogP contribution in [-0.4, -0.2) is 22.6 Å². The maximum absolute atomic E-state index is 11.8. The molecule has 0 fully saturated rings. The molecule has 0 saturated carbocycles. The molecular weight excluding hydrogens is 304 g/mol. The number of Topliss-reactive ketones (excluding diaryl/α,β-unsaturated/α-hetero) is 2. The molecule has 1 aromatic rings. The second-order valence-electron chi connectivity index (χ2n) is 6.11. The summed E-state index contributed by atoms with van der Waals surface area (Å²) in [5.41, 5.74) is 1.61. The van der Waals surface area contributed by atoms with E-state index in [9.17, 15) is 9.59 Å². The van der Waals surface area contributed by atoms with Gasteiger partial charge >= 0.3 is 0 Å². The van der Waals surface area contributed by atoms with Crippen LogP contribution in [0.4, 0.5) is 0 Å². The van der Waals surface area contributed by atoms with Gasteiger partial charge in [-0.2, -0.15) is 11.8 Å². The summed E-state index contributed by atoms with van der Waals surface area (Å²) in [6.45, 7) is 8.07. The Balaban J connectivity index is 2.39. The van der Waals surface area contributed by atoms with E-state index in [1.54, 1.807) is 0 Å². The molecule has 0 bridgehead atoms. The van der Waals surface area contributed by atoms with E-state index in [1.165, 1.54) is 0 Å². The molecule has 0 spiro atoms. The smallest absolute Gasteiger partial charge is 0.165 e. The van der Waals surface area contributed by atoms with Crippen LogP contribution in [0.3, 0.4) is 0 Å². The van der Waals surface area contributed by atoms with Crippen molar-refractivity contribution < 1.29 is 9.59 Å². The Bertz CT molecular complexity index is 574. The molecule has 124 valence electrons. The topological polar surface area (TPSA) is 34.1 Å². The average molecular weight is 330 g/mol. The number of ketones is 2. The lowest BCUT2D eigenvalue weighted by Crippen LogP contribution is -2.06. The van der Waals surface area contributed by atoms with E-state index in [-0.39, 0.29) is 17.5 Å². The average Bonchev–Trinajstić information content (AvgIpc) is 2.51. The molecule has 1 rings (SSSR count). The van der Waals surface area contributed by atoms with Crippen LogP contribution in [-0.2, 0) is 4.79 Å². The number of rotatable bonds is 8. The molecule has 2 nitrogen and oxygen atoms in total. The van der Waals surface area contributed by atoms with Crippen molar-refractivity contribution in [3.05, 3.63) is 35.4 Å².